The van der Waals surface area contributed by atoms with Crippen LogP contribution in [-0.4, -0.2) is 30.6 Å². The van der Waals surface area contributed by atoms with E-state index >= 15 is 0 Å². The maximum absolute atomic E-state index is 11.4. The van der Waals surface area contributed by atoms with Gasteiger partial charge in [-0.15, -0.1) is 0 Å². The Morgan fingerprint density at radius 1 is 1.48 bits per heavy atom. The smallest absolute Gasteiger partial charge is 0.333 e. The Morgan fingerprint density at radius 3 is 2.71 bits per heavy atom. The molecule has 1 aromatic rings. The van der Waals surface area contributed by atoms with E-state index < -0.39 is 4.92 Å². The molecule has 0 unspecified atom stereocenters. The topological polar surface area (TPSA) is 72.7 Å². The van der Waals surface area contributed by atoms with Gasteiger partial charge >= 0.3 is 5.97 Å². The van der Waals surface area contributed by atoms with Gasteiger partial charge in [-0.1, -0.05) is 6.58 Å². The lowest BCUT2D eigenvalue weighted by atomic mass is 10.0. The number of hydrogen-bond acceptors (Lipinski definition) is 5. The first-order valence-corrected chi connectivity index (χ1v) is 6.80. The van der Waals surface area contributed by atoms with Gasteiger partial charge in [-0.2, -0.15) is 0 Å². The van der Waals surface area contributed by atoms with E-state index in [2.05, 4.69) is 16.2 Å². The molecule has 6 nitrogen and oxygen atoms in total. The van der Waals surface area contributed by atoms with Crippen molar-refractivity contribution >= 4 is 17.3 Å². The van der Waals surface area contributed by atoms with Gasteiger partial charge in [-0.3, -0.25) is 10.1 Å². The minimum absolute atomic E-state index is 0.0773. The molecule has 0 saturated carbocycles. The summed E-state index contributed by atoms with van der Waals surface area (Å²) in [5.74, 6) is -0.384. The number of carbonyl (C=O) groups excluding carboxylic acids is 1. The Bertz CT molecular complexity index is 553. The van der Waals surface area contributed by atoms with Crippen molar-refractivity contribution in [3.05, 3.63) is 46.5 Å². The molecule has 1 atom stereocenters. The van der Waals surface area contributed by atoms with Crippen LogP contribution in [-0.2, 0) is 9.53 Å². The number of esters is 1. The second kappa shape index (κ2) is 6.39. The zero-order valence-electron chi connectivity index (χ0n) is 11.9. The minimum Gasteiger partial charge on any atom is -0.466 e. The molecular weight excluding hydrogens is 272 g/mol. The maximum Gasteiger partial charge on any atom is 0.333 e. The van der Waals surface area contributed by atoms with Crippen molar-refractivity contribution in [2.75, 3.05) is 18.6 Å². The number of nitro benzene ring substituents is 1. The molecule has 1 aliphatic heterocycles. The molecule has 21 heavy (non-hydrogen) atoms. The van der Waals surface area contributed by atoms with Crippen LogP contribution in [0.25, 0.3) is 0 Å². The summed E-state index contributed by atoms with van der Waals surface area (Å²) in [7, 11) is 1.34. The highest BCUT2D eigenvalue weighted by molar-refractivity contribution is 5.87. The zero-order chi connectivity index (χ0) is 15.4. The number of methoxy groups -OCH3 is 1. The van der Waals surface area contributed by atoms with Crippen molar-refractivity contribution in [1.29, 1.82) is 0 Å². The fourth-order valence-corrected chi connectivity index (χ4v) is 2.67. The van der Waals surface area contributed by atoms with Crippen molar-refractivity contribution in [2.24, 2.45) is 0 Å². The van der Waals surface area contributed by atoms with Crippen LogP contribution in [0.4, 0.5) is 11.4 Å². The Kier molecular flexibility index (Phi) is 4.57. The number of benzene rings is 1. The molecule has 6 heteroatoms. The standard InChI is InChI=1S/C15H18N2O4/c1-11(15(18)21-2)10-14-4-3-9-16(14)12-5-7-13(8-6-12)17(19)20/h5-8,14H,1,3-4,9-10H2,2H3/t14-/m0/s1. The highest BCUT2D eigenvalue weighted by Gasteiger charge is 2.27. The molecule has 1 aromatic carbocycles. The van der Waals surface area contributed by atoms with Crippen molar-refractivity contribution < 1.29 is 14.5 Å². The monoisotopic (exact) mass is 290 g/mol. The average Bonchev–Trinajstić information content (AvgIpc) is 2.94. The van der Waals surface area contributed by atoms with Gasteiger partial charge in [0.1, 0.15) is 0 Å². The number of carbonyl (C=O) groups is 1. The Morgan fingerprint density at radius 2 is 2.14 bits per heavy atom. The van der Waals surface area contributed by atoms with Crippen LogP contribution >= 0.6 is 0 Å². The van der Waals surface area contributed by atoms with Crippen molar-refractivity contribution in [3.8, 4) is 0 Å². The van der Waals surface area contributed by atoms with Crippen LogP contribution < -0.4 is 4.90 Å². The third-order valence-electron chi connectivity index (χ3n) is 3.73. The number of non-ortho nitro benzene ring substituents is 1. The predicted octanol–water partition coefficient (Wildman–Crippen LogP) is 2.68. The fourth-order valence-electron chi connectivity index (χ4n) is 2.67. The molecule has 1 heterocycles. The highest BCUT2D eigenvalue weighted by Crippen LogP contribution is 2.30. The van der Waals surface area contributed by atoms with Gasteiger partial charge in [-0.05, 0) is 31.4 Å². The van der Waals surface area contributed by atoms with Crippen molar-refractivity contribution in [3.63, 3.8) is 0 Å². The molecular formula is C15H18N2O4. The molecule has 0 bridgehead atoms. The van der Waals surface area contributed by atoms with Gasteiger partial charge in [0.05, 0.1) is 12.0 Å². The van der Waals surface area contributed by atoms with Crippen molar-refractivity contribution in [1.82, 2.24) is 0 Å². The van der Waals surface area contributed by atoms with Crippen LogP contribution in [0.15, 0.2) is 36.4 Å². The van der Waals surface area contributed by atoms with E-state index in [4.69, 9.17) is 0 Å². The van der Waals surface area contributed by atoms with Crippen LogP contribution in [0.1, 0.15) is 19.3 Å². The molecule has 112 valence electrons. The van der Waals surface area contributed by atoms with Gasteiger partial charge < -0.3 is 9.64 Å². The number of nitro groups is 1. The van der Waals surface area contributed by atoms with Gasteiger partial charge in [-0.25, -0.2) is 4.79 Å². The summed E-state index contributed by atoms with van der Waals surface area (Å²) in [6.45, 7) is 4.64. The van der Waals surface area contributed by atoms with Gasteiger partial charge in [0.25, 0.3) is 5.69 Å². The van der Waals surface area contributed by atoms with E-state index in [0.717, 1.165) is 25.1 Å². The second-order valence-corrected chi connectivity index (χ2v) is 5.06. The lowest BCUT2D eigenvalue weighted by Crippen LogP contribution is -2.30. The van der Waals surface area contributed by atoms with Crippen LogP contribution in [0.3, 0.4) is 0 Å². The molecule has 2 rings (SSSR count). The number of ether oxygens (including phenoxy) is 1. The molecule has 0 radical (unpaired) electrons. The van der Waals surface area contributed by atoms with E-state index in [9.17, 15) is 14.9 Å². The van der Waals surface area contributed by atoms with Crippen molar-refractivity contribution in [2.45, 2.75) is 25.3 Å². The number of hydrogen-bond donors (Lipinski definition) is 0. The molecule has 1 aliphatic rings. The SMILES string of the molecule is C=C(C[C@@H]1CCCN1c1ccc([N+](=O)[O-])cc1)C(=O)OC. The first-order chi connectivity index (χ1) is 10.0. The third kappa shape index (κ3) is 3.39. The first-order valence-electron chi connectivity index (χ1n) is 6.80. The number of rotatable bonds is 5. The molecule has 0 amide bonds. The maximum atomic E-state index is 11.4. The highest BCUT2D eigenvalue weighted by atomic mass is 16.6. The van der Waals surface area contributed by atoms with Gasteiger partial charge in [0.2, 0.25) is 0 Å². The zero-order valence-corrected chi connectivity index (χ0v) is 11.9. The lowest BCUT2D eigenvalue weighted by Gasteiger charge is -2.27. The Labute approximate surface area is 123 Å². The average molecular weight is 290 g/mol. The summed E-state index contributed by atoms with van der Waals surface area (Å²) >= 11 is 0. The van der Waals surface area contributed by atoms with Crippen LogP contribution in [0.2, 0.25) is 0 Å². The number of nitrogens with zero attached hydrogens (tertiary/aromatic N) is 2. The van der Waals surface area contributed by atoms with Crippen LogP contribution in [0, 0.1) is 10.1 Å². The predicted molar refractivity (Wildman–Crippen MR) is 79.2 cm³/mol. The van der Waals surface area contributed by atoms with E-state index in [-0.39, 0.29) is 17.7 Å². The van der Waals surface area contributed by atoms with E-state index in [0.29, 0.717) is 12.0 Å². The first kappa shape index (κ1) is 15.0. The Balaban J connectivity index is 2.09. The molecule has 0 aliphatic carbocycles. The molecule has 0 spiro atoms. The summed E-state index contributed by atoms with van der Waals surface area (Å²) in [5.41, 5.74) is 1.46. The van der Waals surface area contributed by atoms with E-state index in [1.54, 1.807) is 12.1 Å². The Hall–Kier alpha value is -2.37. The van der Waals surface area contributed by atoms with Crippen LogP contribution in [0.5, 0.6) is 0 Å². The largest absolute Gasteiger partial charge is 0.466 e. The normalized spacial score (nSPS) is 17.6. The molecule has 1 saturated heterocycles. The quantitative estimate of drug-likeness (QED) is 0.361. The van der Waals surface area contributed by atoms with Gasteiger partial charge in [0.15, 0.2) is 0 Å². The number of anilines is 1. The summed E-state index contributed by atoms with van der Waals surface area (Å²) in [6.07, 6.45) is 2.53. The van der Waals surface area contributed by atoms with E-state index in [1.807, 2.05) is 0 Å². The second-order valence-electron chi connectivity index (χ2n) is 5.06. The lowest BCUT2D eigenvalue weighted by molar-refractivity contribution is -0.384. The summed E-state index contributed by atoms with van der Waals surface area (Å²) in [6, 6.07) is 6.67. The minimum atomic E-state index is -0.412. The molecule has 0 N–H and O–H groups in total. The fraction of sp³-hybridized carbons (Fsp3) is 0.400. The summed E-state index contributed by atoms with van der Waals surface area (Å²) in [5, 5.41) is 10.7. The molecule has 0 aromatic heterocycles. The third-order valence-corrected chi connectivity index (χ3v) is 3.73. The summed E-state index contributed by atoms with van der Waals surface area (Å²) < 4.78 is 4.67. The molecule has 1 fully saturated rings. The summed E-state index contributed by atoms with van der Waals surface area (Å²) in [4.78, 5) is 23.9. The van der Waals surface area contributed by atoms with Gasteiger partial charge in [0, 0.05) is 36.0 Å². The van der Waals surface area contributed by atoms with E-state index in [1.165, 1.54) is 19.2 Å².